The second-order valence-corrected chi connectivity index (χ2v) is 7.88. The molecule has 2 aromatic rings. The summed E-state index contributed by atoms with van der Waals surface area (Å²) in [4.78, 5) is 16.8. The van der Waals surface area contributed by atoms with Gasteiger partial charge in [0.15, 0.2) is 0 Å². The minimum atomic E-state index is -0.996. The summed E-state index contributed by atoms with van der Waals surface area (Å²) >= 11 is 0. The van der Waals surface area contributed by atoms with Gasteiger partial charge in [0.1, 0.15) is 5.76 Å². The Labute approximate surface area is 144 Å². The molecule has 2 rings (SSSR count). The van der Waals surface area contributed by atoms with Crippen molar-refractivity contribution in [2.75, 3.05) is 6.26 Å². The van der Waals surface area contributed by atoms with E-state index in [1.54, 1.807) is 24.6 Å². The monoisotopic (exact) mass is 349 g/mol. The van der Waals surface area contributed by atoms with Gasteiger partial charge in [-0.2, -0.15) is 0 Å². The smallest absolute Gasteiger partial charge is 0.315 e. The van der Waals surface area contributed by atoms with E-state index in [-0.39, 0.29) is 18.0 Å². The number of amides is 2. The van der Waals surface area contributed by atoms with Gasteiger partial charge in [0.05, 0.1) is 12.7 Å². The van der Waals surface area contributed by atoms with Gasteiger partial charge < -0.3 is 15.1 Å². The van der Waals surface area contributed by atoms with Crippen molar-refractivity contribution in [1.29, 1.82) is 0 Å². The Balaban J connectivity index is 1.79. The van der Waals surface area contributed by atoms with E-state index in [9.17, 15) is 9.00 Å². The topological polar surface area (TPSA) is 84.2 Å². The lowest BCUT2D eigenvalue weighted by atomic mass is 9.94. The maximum absolute atomic E-state index is 11.8. The first-order chi connectivity index (χ1) is 11.3. The van der Waals surface area contributed by atoms with Crippen LogP contribution in [-0.2, 0) is 29.3 Å². The highest BCUT2D eigenvalue weighted by Crippen LogP contribution is 2.22. The largest absolute Gasteiger partial charge is 0.443 e. The molecule has 0 aliphatic carbocycles. The summed E-state index contributed by atoms with van der Waals surface area (Å²) in [5.41, 5.74) is 0.826. The zero-order valence-electron chi connectivity index (χ0n) is 14.4. The number of carbonyl (C=O) groups excluding carboxylic acids is 1. The normalized spacial score (nSPS) is 12.7. The van der Waals surface area contributed by atoms with Gasteiger partial charge in [-0.3, -0.25) is 4.21 Å². The van der Waals surface area contributed by atoms with Crippen LogP contribution in [0.4, 0.5) is 4.79 Å². The van der Waals surface area contributed by atoms with Gasteiger partial charge in [0, 0.05) is 33.9 Å². The predicted octanol–water partition coefficient (Wildman–Crippen LogP) is 2.71. The summed E-state index contributed by atoms with van der Waals surface area (Å²) in [6.07, 6.45) is 3.32. The highest BCUT2D eigenvalue weighted by atomic mass is 32.2. The van der Waals surface area contributed by atoms with E-state index in [0.29, 0.717) is 12.4 Å². The summed E-state index contributed by atoms with van der Waals surface area (Å²) in [6.45, 7) is 6.74. The first-order valence-electron chi connectivity index (χ1n) is 7.65. The number of aromatic nitrogens is 1. The molecule has 1 atom stereocenters. The van der Waals surface area contributed by atoms with Crippen molar-refractivity contribution in [2.45, 2.75) is 44.2 Å². The average Bonchev–Trinajstić information content (AvgIpc) is 3.00. The third kappa shape index (κ3) is 5.19. The van der Waals surface area contributed by atoms with Crippen LogP contribution in [0.15, 0.2) is 39.8 Å². The van der Waals surface area contributed by atoms with Gasteiger partial charge in [-0.05, 0) is 17.7 Å². The molecule has 1 heterocycles. The summed E-state index contributed by atoms with van der Waals surface area (Å²) in [7, 11) is -0.996. The van der Waals surface area contributed by atoms with Gasteiger partial charge in [0.2, 0.25) is 5.89 Å². The maximum Gasteiger partial charge on any atom is 0.315 e. The summed E-state index contributed by atoms with van der Waals surface area (Å²) < 4.78 is 16.9. The number of hydrogen-bond donors (Lipinski definition) is 2. The number of oxazole rings is 1. The molecule has 6 nitrogen and oxygen atoms in total. The fraction of sp³-hybridized carbons (Fsp3) is 0.412. The molecule has 0 saturated heterocycles. The molecule has 1 unspecified atom stereocenters. The highest BCUT2D eigenvalue weighted by molar-refractivity contribution is 7.84. The molecule has 0 spiro atoms. The molecule has 1 aromatic carbocycles. The third-order valence-electron chi connectivity index (χ3n) is 3.40. The van der Waals surface area contributed by atoms with Crippen molar-refractivity contribution in [3.8, 4) is 0 Å². The SMILES string of the molecule is CS(=O)c1ccc(CNC(=O)NCc2ncc(C(C)(C)C)o2)cc1. The van der Waals surface area contributed by atoms with E-state index < -0.39 is 10.8 Å². The van der Waals surface area contributed by atoms with E-state index in [0.717, 1.165) is 16.2 Å². The Bertz CT molecular complexity index is 717. The first kappa shape index (κ1) is 18.2. The van der Waals surface area contributed by atoms with E-state index >= 15 is 0 Å². The predicted molar refractivity (Wildman–Crippen MR) is 93.1 cm³/mol. The van der Waals surface area contributed by atoms with Crippen LogP contribution < -0.4 is 10.6 Å². The number of carbonyl (C=O) groups is 1. The number of benzene rings is 1. The zero-order valence-corrected chi connectivity index (χ0v) is 15.2. The van der Waals surface area contributed by atoms with E-state index in [2.05, 4.69) is 15.6 Å². The molecule has 1 aromatic heterocycles. The second kappa shape index (κ2) is 7.61. The van der Waals surface area contributed by atoms with Crippen LogP contribution in [0, 0.1) is 0 Å². The van der Waals surface area contributed by atoms with Gasteiger partial charge in [-0.15, -0.1) is 0 Å². The molecular weight excluding hydrogens is 326 g/mol. The van der Waals surface area contributed by atoms with Crippen molar-refractivity contribution in [2.24, 2.45) is 0 Å². The number of nitrogens with one attached hydrogen (secondary N) is 2. The van der Waals surface area contributed by atoms with Crippen LogP contribution >= 0.6 is 0 Å². The van der Waals surface area contributed by atoms with Gasteiger partial charge in [0.25, 0.3) is 0 Å². The van der Waals surface area contributed by atoms with Crippen LogP contribution in [0.3, 0.4) is 0 Å². The average molecular weight is 349 g/mol. The summed E-state index contributed by atoms with van der Waals surface area (Å²) in [5, 5.41) is 5.47. The van der Waals surface area contributed by atoms with Crippen molar-refractivity contribution < 1.29 is 13.4 Å². The van der Waals surface area contributed by atoms with Crippen LogP contribution in [0.1, 0.15) is 38.0 Å². The third-order valence-corrected chi connectivity index (χ3v) is 4.34. The molecule has 7 heteroatoms. The van der Waals surface area contributed by atoms with Gasteiger partial charge in [-0.25, -0.2) is 9.78 Å². The molecule has 2 amide bonds. The van der Waals surface area contributed by atoms with Gasteiger partial charge >= 0.3 is 6.03 Å². The lowest BCUT2D eigenvalue weighted by Crippen LogP contribution is -2.34. The lowest BCUT2D eigenvalue weighted by Gasteiger charge is -2.13. The summed E-state index contributed by atoms with van der Waals surface area (Å²) in [5.74, 6) is 1.26. The minimum Gasteiger partial charge on any atom is -0.443 e. The minimum absolute atomic E-state index is 0.109. The fourth-order valence-corrected chi connectivity index (χ4v) is 2.46. The van der Waals surface area contributed by atoms with E-state index in [1.165, 1.54) is 0 Å². The number of nitrogens with zero attached hydrogens (tertiary/aromatic N) is 1. The Morgan fingerprint density at radius 1 is 1.17 bits per heavy atom. The second-order valence-electron chi connectivity index (χ2n) is 6.50. The standard InChI is InChI=1S/C17H23N3O3S/c1-17(2,3)14-10-18-15(23-14)11-20-16(21)19-9-12-5-7-13(8-6-12)24(4)22/h5-8,10H,9,11H2,1-4H3,(H2,19,20,21). The molecule has 0 saturated carbocycles. The van der Waals surface area contributed by atoms with Crippen LogP contribution in [0.2, 0.25) is 0 Å². The first-order valence-corrected chi connectivity index (χ1v) is 9.21. The van der Waals surface area contributed by atoms with Crippen LogP contribution in [-0.4, -0.2) is 21.5 Å². The van der Waals surface area contributed by atoms with Crippen molar-refractivity contribution in [3.63, 3.8) is 0 Å². The molecule has 0 bridgehead atoms. The highest BCUT2D eigenvalue weighted by Gasteiger charge is 2.19. The number of urea groups is 1. The Morgan fingerprint density at radius 2 is 1.79 bits per heavy atom. The van der Waals surface area contributed by atoms with Crippen molar-refractivity contribution in [1.82, 2.24) is 15.6 Å². The summed E-state index contributed by atoms with van der Waals surface area (Å²) in [6, 6.07) is 6.99. The molecule has 2 N–H and O–H groups in total. The van der Waals surface area contributed by atoms with Gasteiger partial charge in [-0.1, -0.05) is 32.9 Å². The fourth-order valence-electron chi connectivity index (χ4n) is 1.94. The van der Waals surface area contributed by atoms with E-state index in [1.807, 2.05) is 32.9 Å². The number of hydrogen-bond acceptors (Lipinski definition) is 4. The Morgan fingerprint density at radius 3 is 2.33 bits per heavy atom. The van der Waals surface area contributed by atoms with Crippen molar-refractivity contribution >= 4 is 16.8 Å². The quantitative estimate of drug-likeness (QED) is 0.869. The Hall–Kier alpha value is -2.15. The number of rotatable bonds is 5. The molecule has 0 aliphatic heterocycles. The molecule has 130 valence electrons. The lowest BCUT2D eigenvalue weighted by molar-refractivity contribution is 0.238. The maximum atomic E-state index is 11.8. The molecule has 24 heavy (non-hydrogen) atoms. The van der Waals surface area contributed by atoms with Crippen LogP contribution in [0.25, 0.3) is 0 Å². The molecule has 0 radical (unpaired) electrons. The Kier molecular flexibility index (Phi) is 5.77. The van der Waals surface area contributed by atoms with E-state index in [4.69, 9.17) is 4.42 Å². The molecule has 0 fully saturated rings. The molecule has 0 aliphatic rings. The van der Waals surface area contributed by atoms with Crippen LogP contribution in [0.5, 0.6) is 0 Å². The zero-order chi connectivity index (χ0) is 17.7. The van der Waals surface area contributed by atoms with Crippen molar-refractivity contribution in [3.05, 3.63) is 47.7 Å². The molecular formula is C17H23N3O3S.